The molecule has 0 saturated heterocycles. The number of phenolic OH excluding ortho intramolecular Hbond substituents is 1. The van der Waals surface area contributed by atoms with Crippen LogP contribution in [-0.4, -0.2) is 17.1 Å². The van der Waals surface area contributed by atoms with Crippen molar-refractivity contribution in [2.45, 2.75) is 26.3 Å². The maximum absolute atomic E-state index is 11.8. The summed E-state index contributed by atoms with van der Waals surface area (Å²) in [5, 5.41) is 12.0. The zero-order chi connectivity index (χ0) is 12.1. The van der Waals surface area contributed by atoms with Gasteiger partial charge in [-0.3, -0.25) is 4.79 Å². The molecule has 0 bridgehead atoms. The highest BCUT2D eigenvalue weighted by Crippen LogP contribution is 2.15. The summed E-state index contributed by atoms with van der Waals surface area (Å²) in [6.07, 6.45) is 5.66. The molecule has 0 aliphatic carbocycles. The normalized spacial score (nSPS) is 11.6. The molecule has 2 N–H and O–H groups in total. The first-order chi connectivity index (χ1) is 7.54. The summed E-state index contributed by atoms with van der Waals surface area (Å²) >= 11 is 0. The van der Waals surface area contributed by atoms with Crippen LogP contribution in [0.5, 0.6) is 5.75 Å². The topological polar surface area (TPSA) is 49.3 Å². The van der Waals surface area contributed by atoms with Crippen LogP contribution >= 0.6 is 0 Å². The van der Waals surface area contributed by atoms with E-state index in [0.29, 0.717) is 12.0 Å². The largest absolute Gasteiger partial charge is 0.508 e. The van der Waals surface area contributed by atoms with Crippen LogP contribution in [0.25, 0.3) is 0 Å². The van der Waals surface area contributed by atoms with Crippen molar-refractivity contribution >= 4 is 5.91 Å². The Kier molecular flexibility index (Phi) is 3.96. The molecule has 1 atom stereocenters. The molecule has 16 heavy (non-hydrogen) atoms. The number of hydrogen-bond donors (Lipinski definition) is 2. The van der Waals surface area contributed by atoms with E-state index in [-0.39, 0.29) is 17.7 Å². The predicted octanol–water partition coefficient (Wildman–Crippen LogP) is 1.84. The van der Waals surface area contributed by atoms with Crippen molar-refractivity contribution in [1.82, 2.24) is 5.32 Å². The van der Waals surface area contributed by atoms with Gasteiger partial charge >= 0.3 is 0 Å². The fourth-order valence-corrected chi connectivity index (χ4v) is 1.43. The molecular formula is C13H15NO2. The van der Waals surface area contributed by atoms with E-state index in [0.717, 1.165) is 5.56 Å². The first-order valence-corrected chi connectivity index (χ1v) is 5.08. The second kappa shape index (κ2) is 5.22. The highest BCUT2D eigenvalue weighted by atomic mass is 16.3. The average molecular weight is 217 g/mol. The molecule has 0 aliphatic rings. The molecule has 0 aromatic heterocycles. The second-order valence-electron chi connectivity index (χ2n) is 3.78. The summed E-state index contributed by atoms with van der Waals surface area (Å²) in [5.41, 5.74) is 1.30. The zero-order valence-corrected chi connectivity index (χ0v) is 9.45. The van der Waals surface area contributed by atoms with Crippen LogP contribution in [0.1, 0.15) is 29.3 Å². The first kappa shape index (κ1) is 12.1. The number of amides is 1. The Morgan fingerprint density at radius 3 is 2.88 bits per heavy atom. The maximum atomic E-state index is 11.8. The third-order valence-corrected chi connectivity index (χ3v) is 2.26. The lowest BCUT2D eigenvalue weighted by Crippen LogP contribution is -2.32. The van der Waals surface area contributed by atoms with Gasteiger partial charge in [-0.15, -0.1) is 12.3 Å². The quantitative estimate of drug-likeness (QED) is 0.759. The van der Waals surface area contributed by atoms with Gasteiger partial charge in [0.15, 0.2) is 0 Å². The van der Waals surface area contributed by atoms with Crippen molar-refractivity contribution in [2.75, 3.05) is 0 Å². The maximum Gasteiger partial charge on any atom is 0.251 e. The highest BCUT2D eigenvalue weighted by molar-refractivity contribution is 5.95. The predicted molar refractivity (Wildman–Crippen MR) is 63.2 cm³/mol. The number of nitrogens with one attached hydrogen (secondary N) is 1. The molecule has 0 heterocycles. The Balaban J connectivity index is 2.78. The first-order valence-electron chi connectivity index (χ1n) is 5.08. The summed E-state index contributed by atoms with van der Waals surface area (Å²) in [6, 6.07) is 4.60. The molecule has 0 radical (unpaired) electrons. The van der Waals surface area contributed by atoms with Crippen LogP contribution in [0.15, 0.2) is 18.2 Å². The minimum atomic E-state index is -0.166. The fourth-order valence-electron chi connectivity index (χ4n) is 1.43. The van der Waals surface area contributed by atoms with E-state index in [1.165, 1.54) is 6.07 Å². The van der Waals surface area contributed by atoms with Gasteiger partial charge in [-0.25, -0.2) is 0 Å². The van der Waals surface area contributed by atoms with Crippen LogP contribution in [0, 0.1) is 19.3 Å². The van der Waals surface area contributed by atoms with Gasteiger partial charge in [-0.1, -0.05) is 0 Å². The van der Waals surface area contributed by atoms with Crippen LogP contribution in [-0.2, 0) is 0 Å². The molecule has 1 unspecified atom stereocenters. The van der Waals surface area contributed by atoms with Gasteiger partial charge in [-0.2, -0.15) is 0 Å². The molecule has 0 saturated carbocycles. The third-order valence-electron chi connectivity index (χ3n) is 2.26. The highest BCUT2D eigenvalue weighted by Gasteiger charge is 2.11. The lowest BCUT2D eigenvalue weighted by molar-refractivity contribution is 0.0940. The van der Waals surface area contributed by atoms with Gasteiger partial charge in [0.25, 0.3) is 5.91 Å². The van der Waals surface area contributed by atoms with Crippen molar-refractivity contribution in [3.63, 3.8) is 0 Å². The fraction of sp³-hybridized carbons (Fsp3) is 0.308. The molecule has 0 aliphatic heterocycles. The van der Waals surface area contributed by atoms with Crippen LogP contribution in [0.4, 0.5) is 0 Å². The van der Waals surface area contributed by atoms with Crippen molar-refractivity contribution in [1.29, 1.82) is 0 Å². The summed E-state index contributed by atoms with van der Waals surface area (Å²) in [6.45, 7) is 3.63. The third kappa shape index (κ3) is 3.03. The number of aromatic hydroxyl groups is 1. The number of benzene rings is 1. The van der Waals surface area contributed by atoms with Crippen molar-refractivity contribution in [2.24, 2.45) is 0 Å². The van der Waals surface area contributed by atoms with E-state index < -0.39 is 0 Å². The average Bonchev–Trinajstić information content (AvgIpc) is 2.17. The Labute approximate surface area is 95.5 Å². The number of hydrogen-bond acceptors (Lipinski definition) is 2. The molecule has 3 heteroatoms. The number of carbonyl (C=O) groups is 1. The molecule has 1 aromatic rings. The molecule has 1 amide bonds. The van der Waals surface area contributed by atoms with Gasteiger partial charge in [0, 0.05) is 18.0 Å². The summed E-state index contributed by atoms with van der Waals surface area (Å²) in [7, 11) is 0. The lowest BCUT2D eigenvalue weighted by atomic mass is 10.1. The Morgan fingerprint density at radius 1 is 1.62 bits per heavy atom. The number of phenols is 1. The lowest BCUT2D eigenvalue weighted by Gasteiger charge is -2.12. The minimum absolute atomic E-state index is 0.0503. The van der Waals surface area contributed by atoms with E-state index in [9.17, 15) is 9.90 Å². The van der Waals surface area contributed by atoms with E-state index in [4.69, 9.17) is 6.42 Å². The SMILES string of the molecule is C#CCC(C)NC(=O)c1ccc(O)cc1C. The molecule has 3 nitrogen and oxygen atoms in total. The standard InChI is InChI=1S/C13H15NO2/c1-4-5-10(3)14-13(16)12-7-6-11(15)8-9(12)2/h1,6-8,10,15H,5H2,2-3H3,(H,14,16). The number of rotatable bonds is 3. The molecule has 0 fully saturated rings. The van der Waals surface area contributed by atoms with Gasteiger partial charge in [-0.05, 0) is 37.6 Å². The Morgan fingerprint density at radius 2 is 2.31 bits per heavy atom. The number of aryl methyl sites for hydroxylation is 1. The Hall–Kier alpha value is -1.95. The van der Waals surface area contributed by atoms with Crippen molar-refractivity contribution in [3.05, 3.63) is 29.3 Å². The van der Waals surface area contributed by atoms with Gasteiger partial charge in [0.2, 0.25) is 0 Å². The Bertz CT molecular complexity index is 432. The van der Waals surface area contributed by atoms with Gasteiger partial charge in [0.05, 0.1) is 0 Å². The summed E-state index contributed by atoms with van der Waals surface area (Å²) in [5.74, 6) is 2.48. The molecule has 0 spiro atoms. The van der Waals surface area contributed by atoms with Gasteiger partial charge < -0.3 is 10.4 Å². The summed E-state index contributed by atoms with van der Waals surface area (Å²) in [4.78, 5) is 11.8. The van der Waals surface area contributed by atoms with E-state index >= 15 is 0 Å². The smallest absolute Gasteiger partial charge is 0.251 e. The zero-order valence-electron chi connectivity index (χ0n) is 9.45. The number of terminal acetylenes is 1. The van der Waals surface area contributed by atoms with E-state index in [1.54, 1.807) is 19.1 Å². The van der Waals surface area contributed by atoms with Crippen LogP contribution in [0.3, 0.4) is 0 Å². The second-order valence-corrected chi connectivity index (χ2v) is 3.78. The van der Waals surface area contributed by atoms with Crippen LogP contribution in [0.2, 0.25) is 0 Å². The van der Waals surface area contributed by atoms with Crippen LogP contribution < -0.4 is 5.32 Å². The van der Waals surface area contributed by atoms with E-state index in [1.807, 2.05) is 6.92 Å². The molecular weight excluding hydrogens is 202 g/mol. The molecule has 84 valence electrons. The monoisotopic (exact) mass is 217 g/mol. The van der Waals surface area contributed by atoms with Crippen molar-refractivity contribution < 1.29 is 9.90 Å². The molecule has 1 rings (SSSR count). The minimum Gasteiger partial charge on any atom is -0.508 e. The van der Waals surface area contributed by atoms with E-state index in [2.05, 4.69) is 11.2 Å². The summed E-state index contributed by atoms with van der Waals surface area (Å²) < 4.78 is 0. The molecule has 1 aromatic carbocycles. The van der Waals surface area contributed by atoms with Gasteiger partial charge in [0.1, 0.15) is 5.75 Å². The van der Waals surface area contributed by atoms with Crippen molar-refractivity contribution in [3.8, 4) is 18.1 Å². The number of carbonyl (C=O) groups excluding carboxylic acids is 1.